The number of likely N-dealkylation sites (tertiary alicyclic amines) is 1. The van der Waals surface area contributed by atoms with Gasteiger partial charge in [-0.3, -0.25) is 0 Å². The van der Waals surface area contributed by atoms with Crippen molar-refractivity contribution in [3.63, 3.8) is 0 Å². The molecular weight excluding hydrogens is 251 g/mol. The molecule has 2 bridgehead atoms. The van der Waals surface area contributed by atoms with Gasteiger partial charge in [0.05, 0.1) is 0 Å². The van der Waals surface area contributed by atoms with E-state index in [0.29, 0.717) is 12.1 Å². The van der Waals surface area contributed by atoms with Crippen LogP contribution in [0.15, 0.2) is 24.3 Å². The maximum absolute atomic E-state index is 13.0. The first-order valence-corrected chi connectivity index (χ1v) is 7.89. The molecule has 1 saturated carbocycles. The lowest BCUT2D eigenvalue weighted by atomic mass is 9.73. The molecule has 110 valence electrons. The molecule has 1 aromatic carbocycles. The number of rotatable bonds is 3. The largest absolute Gasteiger partial charge is 0.382 e. The summed E-state index contributed by atoms with van der Waals surface area (Å²) in [7, 11) is 0. The summed E-state index contributed by atoms with van der Waals surface area (Å²) < 4.78 is 13.0. The van der Waals surface area contributed by atoms with Gasteiger partial charge in [0.15, 0.2) is 0 Å². The van der Waals surface area contributed by atoms with Crippen LogP contribution in [0.4, 0.5) is 10.1 Å². The third kappa shape index (κ3) is 2.83. The average Bonchev–Trinajstić information content (AvgIpc) is 2.40. The minimum absolute atomic E-state index is 0.162. The third-order valence-corrected chi connectivity index (χ3v) is 5.01. The fraction of sp³-hybridized carbons (Fsp3) is 0.647. The first-order valence-electron chi connectivity index (χ1n) is 7.89. The molecule has 1 aromatic rings. The lowest BCUT2D eigenvalue weighted by Gasteiger charge is -2.49. The van der Waals surface area contributed by atoms with E-state index < -0.39 is 0 Å². The molecular formula is C17H25FN2. The molecule has 3 heteroatoms. The fourth-order valence-electron chi connectivity index (χ4n) is 3.87. The second-order valence-corrected chi connectivity index (χ2v) is 6.68. The zero-order valence-corrected chi connectivity index (χ0v) is 12.5. The predicted octanol–water partition coefficient (Wildman–Crippen LogP) is 3.75. The van der Waals surface area contributed by atoms with Crippen molar-refractivity contribution in [3.8, 4) is 0 Å². The van der Waals surface area contributed by atoms with Crippen molar-refractivity contribution in [3.05, 3.63) is 30.1 Å². The topological polar surface area (TPSA) is 15.3 Å². The van der Waals surface area contributed by atoms with Crippen molar-refractivity contribution in [2.75, 3.05) is 18.4 Å². The summed E-state index contributed by atoms with van der Waals surface area (Å²) in [5, 5.41) is 3.68. The fourth-order valence-corrected chi connectivity index (χ4v) is 3.87. The van der Waals surface area contributed by atoms with Crippen LogP contribution >= 0.6 is 0 Å². The maximum Gasteiger partial charge on any atom is 0.123 e. The number of hydrogen-bond donors (Lipinski definition) is 1. The van der Waals surface area contributed by atoms with E-state index in [2.05, 4.69) is 24.1 Å². The number of anilines is 1. The molecule has 1 aliphatic carbocycles. The monoisotopic (exact) mass is 276 g/mol. The number of piperidine rings is 1. The van der Waals surface area contributed by atoms with Crippen molar-refractivity contribution in [2.24, 2.45) is 11.8 Å². The highest BCUT2D eigenvalue weighted by Gasteiger charge is 2.39. The standard InChI is InChI=1S/C17H25FN2/c1-12(2)20-10-13-4-3-5-14(11-20)17(13)19-16-8-6-15(18)7-9-16/h6-9,12-14,17,19H,3-5,10-11H2,1-2H3. The molecule has 2 fully saturated rings. The summed E-state index contributed by atoms with van der Waals surface area (Å²) in [6.45, 7) is 6.99. The molecule has 0 amide bonds. The van der Waals surface area contributed by atoms with E-state index in [1.54, 1.807) is 12.1 Å². The van der Waals surface area contributed by atoms with Gasteiger partial charge in [0.1, 0.15) is 5.82 Å². The lowest BCUT2D eigenvalue weighted by Crippen LogP contribution is -2.56. The van der Waals surface area contributed by atoms with Gasteiger partial charge in [-0.2, -0.15) is 0 Å². The molecule has 0 aromatic heterocycles. The minimum Gasteiger partial charge on any atom is -0.382 e. The Morgan fingerprint density at radius 1 is 1.10 bits per heavy atom. The minimum atomic E-state index is -0.162. The van der Waals surface area contributed by atoms with Gasteiger partial charge in [0.2, 0.25) is 0 Å². The van der Waals surface area contributed by atoms with Crippen molar-refractivity contribution < 1.29 is 4.39 Å². The highest BCUT2D eigenvalue weighted by Crippen LogP contribution is 2.37. The summed E-state index contributed by atoms with van der Waals surface area (Å²) >= 11 is 0. The first-order chi connectivity index (χ1) is 9.63. The van der Waals surface area contributed by atoms with E-state index in [1.807, 2.05) is 12.1 Å². The number of nitrogens with zero attached hydrogens (tertiary/aromatic N) is 1. The van der Waals surface area contributed by atoms with Gasteiger partial charge < -0.3 is 10.2 Å². The van der Waals surface area contributed by atoms with Crippen LogP contribution < -0.4 is 5.32 Å². The zero-order chi connectivity index (χ0) is 14.1. The second-order valence-electron chi connectivity index (χ2n) is 6.68. The summed E-state index contributed by atoms with van der Waals surface area (Å²) in [4.78, 5) is 2.62. The van der Waals surface area contributed by atoms with Crippen LogP contribution in [0.1, 0.15) is 33.1 Å². The molecule has 2 aliphatic rings. The molecule has 0 radical (unpaired) electrons. The number of hydrogen-bond acceptors (Lipinski definition) is 2. The maximum atomic E-state index is 13.0. The molecule has 1 N–H and O–H groups in total. The van der Waals surface area contributed by atoms with Crippen molar-refractivity contribution in [1.29, 1.82) is 0 Å². The van der Waals surface area contributed by atoms with Crippen LogP contribution in [0.2, 0.25) is 0 Å². The van der Waals surface area contributed by atoms with E-state index in [9.17, 15) is 4.39 Å². The quantitative estimate of drug-likeness (QED) is 0.904. The molecule has 1 heterocycles. The normalized spacial score (nSPS) is 30.5. The average molecular weight is 276 g/mol. The van der Waals surface area contributed by atoms with Crippen molar-refractivity contribution in [2.45, 2.75) is 45.2 Å². The van der Waals surface area contributed by atoms with Gasteiger partial charge in [0, 0.05) is 30.9 Å². The Balaban J connectivity index is 1.72. The number of nitrogens with one attached hydrogen (secondary N) is 1. The molecule has 2 unspecified atom stereocenters. The molecule has 2 atom stereocenters. The Hall–Kier alpha value is -1.09. The molecule has 1 aliphatic heterocycles. The second kappa shape index (κ2) is 5.72. The SMILES string of the molecule is CC(C)N1CC2CCCC(C1)C2Nc1ccc(F)cc1. The summed E-state index contributed by atoms with van der Waals surface area (Å²) in [6.07, 6.45) is 4.00. The highest BCUT2D eigenvalue weighted by molar-refractivity contribution is 5.44. The van der Waals surface area contributed by atoms with Crippen molar-refractivity contribution >= 4 is 5.69 Å². The van der Waals surface area contributed by atoms with Crippen LogP contribution in [-0.4, -0.2) is 30.1 Å². The first kappa shape index (κ1) is 13.9. The van der Waals surface area contributed by atoms with Crippen LogP contribution in [-0.2, 0) is 0 Å². The zero-order valence-electron chi connectivity index (χ0n) is 12.5. The van der Waals surface area contributed by atoms with Gasteiger partial charge in [-0.15, -0.1) is 0 Å². The number of halogens is 1. The van der Waals surface area contributed by atoms with Crippen molar-refractivity contribution in [1.82, 2.24) is 4.90 Å². The molecule has 1 saturated heterocycles. The van der Waals surface area contributed by atoms with E-state index in [0.717, 1.165) is 17.5 Å². The molecule has 3 rings (SSSR count). The van der Waals surface area contributed by atoms with Gasteiger partial charge in [-0.05, 0) is 62.8 Å². The number of fused-ring (bicyclic) bond motifs is 2. The van der Waals surface area contributed by atoms with Gasteiger partial charge >= 0.3 is 0 Å². The number of benzene rings is 1. The summed E-state index contributed by atoms with van der Waals surface area (Å²) in [5.74, 6) is 1.30. The Morgan fingerprint density at radius 3 is 2.25 bits per heavy atom. The van der Waals surface area contributed by atoms with Crippen LogP contribution in [0, 0.1) is 17.7 Å². The van der Waals surface area contributed by atoms with Crippen LogP contribution in [0.3, 0.4) is 0 Å². The van der Waals surface area contributed by atoms with E-state index in [-0.39, 0.29) is 5.82 Å². The lowest BCUT2D eigenvalue weighted by molar-refractivity contribution is 0.0518. The van der Waals surface area contributed by atoms with E-state index in [1.165, 1.54) is 32.4 Å². The molecule has 20 heavy (non-hydrogen) atoms. The highest BCUT2D eigenvalue weighted by atomic mass is 19.1. The predicted molar refractivity (Wildman–Crippen MR) is 81.4 cm³/mol. The third-order valence-electron chi connectivity index (χ3n) is 5.01. The van der Waals surface area contributed by atoms with E-state index >= 15 is 0 Å². The van der Waals surface area contributed by atoms with Crippen LogP contribution in [0.25, 0.3) is 0 Å². The summed E-state index contributed by atoms with van der Waals surface area (Å²) in [5.41, 5.74) is 1.06. The van der Waals surface area contributed by atoms with Gasteiger partial charge in [-0.25, -0.2) is 4.39 Å². The Kier molecular flexibility index (Phi) is 3.97. The van der Waals surface area contributed by atoms with E-state index in [4.69, 9.17) is 0 Å². The van der Waals surface area contributed by atoms with Gasteiger partial charge in [0.25, 0.3) is 0 Å². The Morgan fingerprint density at radius 2 is 1.70 bits per heavy atom. The molecule has 2 nitrogen and oxygen atoms in total. The Bertz CT molecular complexity index is 429. The van der Waals surface area contributed by atoms with Crippen LogP contribution in [0.5, 0.6) is 0 Å². The smallest absolute Gasteiger partial charge is 0.123 e. The van der Waals surface area contributed by atoms with Gasteiger partial charge in [-0.1, -0.05) is 6.42 Å². The molecule has 0 spiro atoms. The Labute approximate surface area is 121 Å². The summed E-state index contributed by atoms with van der Waals surface area (Å²) in [6, 6.07) is 8.01.